The molecule has 2 N–H and O–H groups in total. The van der Waals surface area contributed by atoms with Crippen LogP contribution in [0.1, 0.15) is 37.9 Å². The third kappa shape index (κ3) is 4.75. The van der Waals surface area contributed by atoms with E-state index in [2.05, 4.69) is 23.8 Å². The van der Waals surface area contributed by atoms with Crippen molar-refractivity contribution in [1.29, 1.82) is 0 Å². The van der Waals surface area contributed by atoms with E-state index in [1.165, 1.54) is 6.07 Å². The minimum atomic E-state index is -0.240. The predicted molar refractivity (Wildman–Crippen MR) is 112 cm³/mol. The van der Waals surface area contributed by atoms with Crippen molar-refractivity contribution in [3.63, 3.8) is 0 Å². The summed E-state index contributed by atoms with van der Waals surface area (Å²) in [5.74, 6) is -0.240. The number of aromatic nitrogens is 3. The third-order valence-electron chi connectivity index (χ3n) is 5.05. The highest BCUT2D eigenvalue weighted by Gasteiger charge is 2.14. The molecule has 0 aliphatic carbocycles. The van der Waals surface area contributed by atoms with Crippen LogP contribution in [-0.2, 0) is 12.8 Å². The van der Waals surface area contributed by atoms with E-state index in [1.807, 2.05) is 24.4 Å². The largest absolute Gasteiger partial charge is 0.329 e. The van der Waals surface area contributed by atoms with E-state index < -0.39 is 0 Å². The number of rotatable bonds is 10. The fraction of sp³-hybridized carbons (Fsp3) is 0.455. The van der Waals surface area contributed by atoms with E-state index in [9.17, 15) is 4.39 Å². The molecule has 0 radical (unpaired) electrons. The first-order valence-electron chi connectivity index (χ1n) is 10.2. The van der Waals surface area contributed by atoms with E-state index in [-0.39, 0.29) is 5.82 Å². The van der Waals surface area contributed by atoms with Crippen molar-refractivity contribution < 1.29 is 4.39 Å². The molecule has 3 aromatic rings. The van der Waals surface area contributed by atoms with Crippen molar-refractivity contribution in [2.75, 3.05) is 26.2 Å². The molecular formula is C22H30FN5. The first-order chi connectivity index (χ1) is 13.7. The Balaban J connectivity index is 1.79. The molecule has 0 amide bonds. The number of hydrogen-bond donors (Lipinski definition) is 1. The Hall–Kier alpha value is -2.31. The first-order valence-corrected chi connectivity index (χ1v) is 10.2. The molecule has 0 fully saturated rings. The summed E-state index contributed by atoms with van der Waals surface area (Å²) in [5.41, 5.74) is 9.82. The molecule has 5 nitrogen and oxygen atoms in total. The quantitative estimate of drug-likeness (QED) is 0.580. The molecule has 0 saturated carbocycles. The lowest BCUT2D eigenvalue weighted by molar-refractivity contribution is 0.278. The summed E-state index contributed by atoms with van der Waals surface area (Å²) in [4.78, 5) is 7.18. The first kappa shape index (κ1) is 20.4. The van der Waals surface area contributed by atoms with Crippen LogP contribution in [0, 0.1) is 5.82 Å². The van der Waals surface area contributed by atoms with Crippen LogP contribution < -0.4 is 5.73 Å². The number of hydrogen-bond acceptors (Lipinski definition) is 4. The molecule has 150 valence electrons. The van der Waals surface area contributed by atoms with Crippen LogP contribution in [-0.4, -0.2) is 45.7 Å². The van der Waals surface area contributed by atoms with Gasteiger partial charge in [-0.1, -0.05) is 19.9 Å². The second kappa shape index (κ2) is 9.75. The molecule has 3 rings (SSSR count). The van der Waals surface area contributed by atoms with Gasteiger partial charge in [-0.15, -0.1) is 0 Å². The van der Waals surface area contributed by atoms with Crippen molar-refractivity contribution in [3.8, 4) is 11.1 Å². The molecule has 0 saturated heterocycles. The maximum Gasteiger partial charge on any atom is 0.163 e. The topological polar surface area (TPSA) is 59.5 Å². The van der Waals surface area contributed by atoms with E-state index in [1.54, 1.807) is 10.7 Å². The van der Waals surface area contributed by atoms with Gasteiger partial charge in [0.2, 0.25) is 0 Å². The summed E-state index contributed by atoms with van der Waals surface area (Å²) in [6, 6.07) is 7.25. The Morgan fingerprint density at radius 3 is 2.71 bits per heavy atom. The molecule has 0 aliphatic heterocycles. The highest BCUT2D eigenvalue weighted by Crippen LogP contribution is 2.27. The van der Waals surface area contributed by atoms with Gasteiger partial charge in [-0.2, -0.15) is 5.10 Å². The summed E-state index contributed by atoms with van der Waals surface area (Å²) in [6.45, 7) is 7.95. The molecule has 0 aliphatic rings. The van der Waals surface area contributed by atoms with Gasteiger partial charge in [0.25, 0.3) is 0 Å². The minimum absolute atomic E-state index is 0.240. The van der Waals surface area contributed by atoms with E-state index in [0.29, 0.717) is 17.8 Å². The molecule has 6 heteroatoms. The molecule has 28 heavy (non-hydrogen) atoms. The van der Waals surface area contributed by atoms with E-state index >= 15 is 0 Å². The fourth-order valence-electron chi connectivity index (χ4n) is 3.55. The van der Waals surface area contributed by atoms with Crippen molar-refractivity contribution in [2.45, 2.75) is 39.5 Å². The lowest BCUT2D eigenvalue weighted by atomic mass is 10.0. The Morgan fingerprint density at radius 1 is 1.11 bits per heavy atom. The molecule has 0 atom stereocenters. The van der Waals surface area contributed by atoms with Gasteiger partial charge >= 0.3 is 0 Å². The standard InChI is InChI=1S/C22H30FN5/c1-3-11-27(14-10-24)12-5-6-18-9-13-28-22(26-18)20(16-25-28)19-15-17(4-2)7-8-21(19)23/h7-9,13,15-16H,3-6,10-12,14,24H2,1-2H3. The van der Waals surface area contributed by atoms with E-state index in [4.69, 9.17) is 10.7 Å². The molecule has 1 aromatic carbocycles. The van der Waals surface area contributed by atoms with Gasteiger partial charge in [0, 0.05) is 36.1 Å². The van der Waals surface area contributed by atoms with Crippen LogP contribution >= 0.6 is 0 Å². The van der Waals surface area contributed by atoms with Gasteiger partial charge in [-0.3, -0.25) is 0 Å². The van der Waals surface area contributed by atoms with Gasteiger partial charge in [-0.25, -0.2) is 13.9 Å². The van der Waals surface area contributed by atoms with Crippen molar-refractivity contribution in [2.24, 2.45) is 5.73 Å². The van der Waals surface area contributed by atoms with E-state index in [0.717, 1.165) is 62.1 Å². The van der Waals surface area contributed by atoms with Crippen molar-refractivity contribution in [3.05, 3.63) is 53.7 Å². The summed E-state index contributed by atoms with van der Waals surface area (Å²) in [7, 11) is 0. The fourth-order valence-corrected chi connectivity index (χ4v) is 3.55. The van der Waals surface area contributed by atoms with Crippen LogP contribution in [0.15, 0.2) is 36.7 Å². The normalized spacial score (nSPS) is 11.6. The van der Waals surface area contributed by atoms with Crippen LogP contribution in [0.25, 0.3) is 16.8 Å². The maximum atomic E-state index is 14.5. The van der Waals surface area contributed by atoms with Gasteiger partial charge < -0.3 is 10.6 Å². The number of halogens is 1. The molecular weight excluding hydrogens is 353 g/mol. The molecule has 2 heterocycles. The lowest BCUT2D eigenvalue weighted by Gasteiger charge is -2.20. The number of nitrogens with zero attached hydrogens (tertiary/aromatic N) is 4. The number of fused-ring (bicyclic) bond motifs is 1. The summed E-state index contributed by atoms with van der Waals surface area (Å²) < 4.78 is 16.2. The summed E-state index contributed by atoms with van der Waals surface area (Å²) >= 11 is 0. The van der Waals surface area contributed by atoms with Gasteiger partial charge in [0.1, 0.15) is 5.82 Å². The second-order valence-corrected chi connectivity index (χ2v) is 7.15. The maximum absolute atomic E-state index is 14.5. The van der Waals surface area contributed by atoms with Crippen molar-refractivity contribution in [1.82, 2.24) is 19.5 Å². The molecule has 0 spiro atoms. The van der Waals surface area contributed by atoms with Crippen LogP contribution in [0.4, 0.5) is 4.39 Å². The van der Waals surface area contributed by atoms with Crippen LogP contribution in [0.5, 0.6) is 0 Å². The number of nitrogens with two attached hydrogens (primary N) is 1. The smallest absolute Gasteiger partial charge is 0.163 e. The summed E-state index contributed by atoms with van der Waals surface area (Å²) in [5, 5.41) is 4.36. The average molecular weight is 384 g/mol. The summed E-state index contributed by atoms with van der Waals surface area (Å²) in [6.07, 6.45) is 7.50. The third-order valence-corrected chi connectivity index (χ3v) is 5.05. The molecule has 2 aromatic heterocycles. The highest BCUT2D eigenvalue weighted by atomic mass is 19.1. The van der Waals surface area contributed by atoms with Crippen LogP contribution in [0.3, 0.4) is 0 Å². The predicted octanol–water partition coefficient (Wildman–Crippen LogP) is 3.70. The second-order valence-electron chi connectivity index (χ2n) is 7.15. The van der Waals surface area contributed by atoms with Crippen molar-refractivity contribution >= 4 is 5.65 Å². The number of benzene rings is 1. The Kier molecular flexibility index (Phi) is 7.12. The lowest BCUT2D eigenvalue weighted by Crippen LogP contribution is -2.31. The van der Waals surface area contributed by atoms with Gasteiger partial charge in [-0.05, 0) is 62.5 Å². The number of aryl methyl sites for hydroxylation is 2. The molecule has 0 unspecified atom stereocenters. The minimum Gasteiger partial charge on any atom is -0.329 e. The zero-order chi connectivity index (χ0) is 19.9. The molecule has 0 bridgehead atoms. The zero-order valence-corrected chi connectivity index (χ0v) is 16.9. The SMILES string of the molecule is CCCN(CCN)CCCc1ccn2ncc(-c3cc(CC)ccc3F)c2n1. The highest BCUT2D eigenvalue weighted by molar-refractivity contribution is 5.77. The average Bonchev–Trinajstić information content (AvgIpc) is 3.12. The monoisotopic (exact) mass is 383 g/mol. The Labute approximate surface area is 166 Å². The zero-order valence-electron chi connectivity index (χ0n) is 16.9. The Morgan fingerprint density at radius 2 is 1.96 bits per heavy atom. The van der Waals surface area contributed by atoms with Gasteiger partial charge in [0.05, 0.1) is 6.20 Å². The van der Waals surface area contributed by atoms with Gasteiger partial charge in [0.15, 0.2) is 5.65 Å². The Bertz CT molecular complexity index is 899. The van der Waals surface area contributed by atoms with Crippen LogP contribution in [0.2, 0.25) is 0 Å².